The van der Waals surface area contributed by atoms with E-state index in [9.17, 15) is 4.79 Å². The first kappa shape index (κ1) is 13.5. The van der Waals surface area contributed by atoms with Gasteiger partial charge in [-0.05, 0) is 45.6 Å². The van der Waals surface area contributed by atoms with Crippen molar-refractivity contribution in [1.29, 1.82) is 0 Å². The summed E-state index contributed by atoms with van der Waals surface area (Å²) in [4.78, 5) is 13.6. The molecule has 16 heavy (non-hydrogen) atoms. The highest BCUT2D eigenvalue weighted by atomic mass is 16.2. The van der Waals surface area contributed by atoms with Crippen molar-refractivity contribution in [3.8, 4) is 0 Å². The van der Waals surface area contributed by atoms with E-state index in [2.05, 4.69) is 31.1 Å². The lowest BCUT2D eigenvalue weighted by molar-refractivity contribution is -0.121. The molecule has 1 saturated heterocycles. The quantitative estimate of drug-likeness (QED) is 0.432. The van der Waals surface area contributed by atoms with Crippen LogP contribution in [-0.2, 0) is 4.79 Å². The van der Waals surface area contributed by atoms with Gasteiger partial charge in [-0.15, -0.1) is 0 Å². The Hall–Kier alpha value is -0.610. The molecule has 1 aliphatic heterocycles. The van der Waals surface area contributed by atoms with Crippen molar-refractivity contribution in [2.45, 2.75) is 58.5 Å². The van der Waals surface area contributed by atoms with Gasteiger partial charge in [0.2, 0.25) is 5.91 Å². The van der Waals surface area contributed by atoms with Gasteiger partial charge in [0.25, 0.3) is 0 Å². The smallest absolute Gasteiger partial charge is 0.233 e. The van der Waals surface area contributed by atoms with Crippen LogP contribution in [-0.4, -0.2) is 29.4 Å². The molecule has 1 heterocycles. The molecule has 1 amide bonds. The maximum atomic E-state index is 11.1. The highest BCUT2D eigenvalue weighted by molar-refractivity contribution is 5.75. The molecular formula is C12H25N3O. The van der Waals surface area contributed by atoms with Gasteiger partial charge in [0, 0.05) is 18.5 Å². The summed E-state index contributed by atoms with van der Waals surface area (Å²) in [5.74, 6) is 5.77. The van der Waals surface area contributed by atoms with Crippen LogP contribution >= 0.6 is 0 Å². The summed E-state index contributed by atoms with van der Waals surface area (Å²) < 4.78 is 0. The molecule has 0 bridgehead atoms. The van der Waals surface area contributed by atoms with Crippen LogP contribution in [0.25, 0.3) is 0 Å². The fourth-order valence-corrected chi connectivity index (χ4v) is 2.57. The maximum Gasteiger partial charge on any atom is 0.233 e. The van der Waals surface area contributed by atoms with Gasteiger partial charge in [-0.1, -0.05) is 6.92 Å². The Bertz CT molecular complexity index is 232. The second kappa shape index (κ2) is 6.21. The Kier molecular flexibility index (Phi) is 5.22. The summed E-state index contributed by atoms with van der Waals surface area (Å²) in [5, 5.41) is 0. The molecule has 0 aromatic rings. The minimum absolute atomic E-state index is 0.0652. The van der Waals surface area contributed by atoms with Gasteiger partial charge in [-0.3, -0.25) is 15.1 Å². The van der Waals surface area contributed by atoms with Crippen molar-refractivity contribution in [3.63, 3.8) is 0 Å². The Morgan fingerprint density at radius 3 is 2.88 bits per heavy atom. The fourth-order valence-electron chi connectivity index (χ4n) is 2.57. The second-order valence-electron chi connectivity index (χ2n) is 5.05. The summed E-state index contributed by atoms with van der Waals surface area (Å²) >= 11 is 0. The summed E-state index contributed by atoms with van der Waals surface area (Å²) in [6, 6.07) is 1.10. The summed E-state index contributed by atoms with van der Waals surface area (Å²) in [6.07, 6.45) is 4.02. The second-order valence-corrected chi connectivity index (χ2v) is 5.05. The molecule has 0 aliphatic carbocycles. The Morgan fingerprint density at radius 1 is 1.56 bits per heavy atom. The molecule has 0 aromatic carbocycles. The lowest BCUT2D eigenvalue weighted by Gasteiger charge is -2.41. The van der Waals surface area contributed by atoms with Crippen molar-refractivity contribution in [1.82, 2.24) is 10.3 Å². The minimum atomic E-state index is -0.0652. The Morgan fingerprint density at radius 2 is 2.25 bits per heavy atom. The molecule has 0 aromatic heterocycles. The van der Waals surface area contributed by atoms with E-state index in [0.717, 1.165) is 18.9 Å². The van der Waals surface area contributed by atoms with Gasteiger partial charge in [0.1, 0.15) is 0 Å². The number of nitrogens with two attached hydrogens (primary N) is 1. The number of likely N-dealkylation sites (tertiary alicyclic amines) is 1. The number of amides is 1. The Labute approximate surface area is 98.5 Å². The SMILES string of the molecule is CC1CCCN(C(C)CCC(=O)NN)C1C. The van der Waals surface area contributed by atoms with Crippen LogP contribution in [0.15, 0.2) is 0 Å². The van der Waals surface area contributed by atoms with E-state index >= 15 is 0 Å². The standard InChI is InChI=1S/C12H25N3O/c1-9-5-4-8-15(11(9)3)10(2)6-7-12(16)14-13/h9-11H,4-8,13H2,1-3H3,(H,14,16). The normalized spacial score (nSPS) is 28.8. The first-order chi connectivity index (χ1) is 7.56. The number of carbonyl (C=O) groups excluding carboxylic acids is 1. The van der Waals surface area contributed by atoms with E-state index in [-0.39, 0.29) is 5.91 Å². The van der Waals surface area contributed by atoms with Crippen molar-refractivity contribution >= 4 is 5.91 Å². The molecule has 4 heteroatoms. The predicted molar refractivity (Wildman–Crippen MR) is 65.6 cm³/mol. The number of rotatable bonds is 4. The third kappa shape index (κ3) is 3.46. The third-order valence-electron chi connectivity index (χ3n) is 3.94. The summed E-state index contributed by atoms with van der Waals surface area (Å²) in [5.41, 5.74) is 2.19. The van der Waals surface area contributed by atoms with E-state index < -0.39 is 0 Å². The molecule has 3 atom stereocenters. The van der Waals surface area contributed by atoms with Crippen LogP contribution in [0, 0.1) is 5.92 Å². The molecule has 1 fully saturated rings. The van der Waals surface area contributed by atoms with Crippen LogP contribution < -0.4 is 11.3 Å². The first-order valence-electron chi connectivity index (χ1n) is 6.31. The van der Waals surface area contributed by atoms with Crippen molar-refractivity contribution in [2.75, 3.05) is 6.54 Å². The molecule has 0 radical (unpaired) electrons. The zero-order valence-corrected chi connectivity index (χ0v) is 10.7. The van der Waals surface area contributed by atoms with Crippen molar-refractivity contribution in [3.05, 3.63) is 0 Å². The van der Waals surface area contributed by atoms with Crippen LogP contribution in [0.5, 0.6) is 0 Å². The van der Waals surface area contributed by atoms with E-state index in [1.165, 1.54) is 12.8 Å². The largest absolute Gasteiger partial charge is 0.298 e. The molecule has 94 valence electrons. The molecule has 1 rings (SSSR count). The van der Waals surface area contributed by atoms with E-state index in [1.807, 2.05) is 0 Å². The summed E-state index contributed by atoms with van der Waals surface area (Å²) in [7, 11) is 0. The Balaban J connectivity index is 2.40. The maximum absolute atomic E-state index is 11.1. The van der Waals surface area contributed by atoms with Crippen LogP contribution in [0.4, 0.5) is 0 Å². The van der Waals surface area contributed by atoms with E-state index in [1.54, 1.807) is 0 Å². The van der Waals surface area contributed by atoms with E-state index in [0.29, 0.717) is 18.5 Å². The first-order valence-corrected chi connectivity index (χ1v) is 6.31. The molecule has 3 unspecified atom stereocenters. The van der Waals surface area contributed by atoms with Gasteiger partial charge in [0.05, 0.1) is 0 Å². The number of hydrogen-bond donors (Lipinski definition) is 2. The van der Waals surface area contributed by atoms with Gasteiger partial charge in [0.15, 0.2) is 0 Å². The van der Waals surface area contributed by atoms with Gasteiger partial charge < -0.3 is 0 Å². The number of hydrogen-bond acceptors (Lipinski definition) is 3. The molecule has 0 saturated carbocycles. The highest BCUT2D eigenvalue weighted by Gasteiger charge is 2.27. The van der Waals surface area contributed by atoms with Gasteiger partial charge >= 0.3 is 0 Å². The van der Waals surface area contributed by atoms with Gasteiger partial charge in [-0.25, -0.2) is 5.84 Å². The number of carbonyl (C=O) groups is 1. The number of nitrogens with zero attached hydrogens (tertiary/aromatic N) is 1. The monoisotopic (exact) mass is 227 g/mol. The molecule has 0 spiro atoms. The number of nitrogens with one attached hydrogen (secondary N) is 1. The topological polar surface area (TPSA) is 58.4 Å². The van der Waals surface area contributed by atoms with Crippen LogP contribution in [0.1, 0.15) is 46.5 Å². The minimum Gasteiger partial charge on any atom is -0.298 e. The molecule has 1 aliphatic rings. The summed E-state index contributed by atoms with van der Waals surface area (Å²) in [6.45, 7) is 7.98. The number of piperidine rings is 1. The van der Waals surface area contributed by atoms with Crippen molar-refractivity contribution in [2.24, 2.45) is 11.8 Å². The number of hydrazine groups is 1. The molecule has 4 nitrogen and oxygen atoms in total. The molecule has 3 N–H and O–H groups in total. The van der Waals surface area contributed by atoms with Crippen LogP contribution in [0.2, 0.25) is 0 Å². The lowest BCUT2D eigenvalue weighted by atomic mass is 9.90. The molecular weight excluding hydrogens is 202 g/mol. The average Bonchev–Trinajstić information content (AvgIpc) is 2.29. The zero-order chi connectivity index (χ0) is 12.1. The lowest BCUT2D eigenvalue weighted by Crippen LogP contribution is -2.47. The van der Waals surface area contributed by atoms with Crippen LogP contribution in [0.3, 0.4) is 0 Å². The van der Waals surface area contributed by atoms with Gasteiger partial charge in [-0.2, -0.15) is 0 Å². The van der Waals surface area contributed by atoms with E-state index in [4.69, 9.17) is 5.84 Å². The average molecular weight is 227 g/mol. The fraction of sp³-hybridized carbons (Fsp3) is 0.917. The predicted octanol–water partition coefficient (Wildman–Crippen LogP) is 1.27. The highest BCUT2D eigenvalue weighted by Crippen LogP contribution is 2.25. The van der Waals surface area contributed by atoms with Crippen molar-refractivity contribution < 1.29 is 4.79 Å². The zero-order valence-electron chi connectivity index (χ0n) is 10.7. The third-order valence-corrected chi connectivity index (χ3v) is 3.94.